The standard InChI is InChI=1S/C15H11Cl2N5O/c16-12-7-6-11(8-13(12)17)21(14(18)23)15-19-9-20-22(15)10-4-2-1-3-5-10/h1-9H,(H2,18,23). The van der Waals surface area contributed by atoms with Crippen LogP contribution in [0.4, 0.5) is 16.4 Å². The third kappa shape index (κ3) is 2.99. The first-order valence-corrected chi connectivity index (χ1v) is 7.33. The molecule has 0 fully saturated rings. The van der Waals surface area contributed by atoms with E-state index >= 15 is 0 Å². The first kappa shape index (κ1) is 15.3. The average molecular weight is 348 g/mol. The summed E-state index contributed by atoms with van der Waals surface area (Å²) in [5, 5.41) is 4.84. The molecule has 3 aromatic rings. The van der Waals surface area contributed by atoms with Crippen LogP contribution in [0.2, 0.25) is 10.0 Å². The van der Waals surface area contributed by atoms with Crippen LogP contribution in [-0.2, 0) is 0 Å². The second kappa shape index (κ2) is 6.28. The number of rotatable bonds is 3. The number of para-hydroxylation sites is 1. The van der Waals surface area contributed by atoms with Gasteiger partial charge in [-0.3, -0.25) is 0 Å². The van der Waals surface area contributed by atoms with Crippen LogP contribution in [-0.4, -0.2) is 20.8 Å². The van der Waals surface area contributed by atoms with E-state index in [1.165, 1.54) is 15.9 Å². The first-order valence-electron chi connectivity index (χ1n) is 6.58. The molecule has 0 aliphatic carbocycles. The van der Waals surface area contributed by atoms with E-state index in [1.807, 2.05) is 30.3 Å². The summed E-state index contributed by atoms with van der Waals surface area (Å²) in [6, 6.07) is 13.3. The molecule has 116 valence electrons. The zero-order chi connectivity index (χ0) is 16.4. The molecule has 6 nitrogen and oxygen atoms in total. The molecule has 2 N–H and O–H groups in total. The normalized spacial score (nSPS) is 10.5. The van der Waals surface area contributed by atoms with Gasteiger partial charge >= 0.3 is 6.03 Å². The van der Waals surface area contributed by atoms with Crippen LogP contribution < -0.4 is 10.6 Å². The molecule has 1 heterocycles. The molecule has 0 spiro atoms. The van der Waals surface area contributed by atoms with Crippen molar-refractivity contribution in [2.75, 3.05) is 4.90 Å². The lowest BCUT2D eigenvalue weighted by Crippen LogP contribution is -2.33. The highest BCUT2D eigenvalue weighted by molar-refractivity contribution is 6.42. The second-order valence-electron chi connectivity index (χ2n) is 4.58. The number of halogens is 2. The van der Waals surface area contributed by atoms with Crippen molar-refractivity contribution >= 4 is 40.9 Å². The average Bonchev–Trinajstić information content (AvgIpc) is 3.00. The number of amides is 2. The molecule has 0 saturated carbocycles. The minimum Gasteiger partial charge on any atom is -0.351 e. The Balaban J connectivity index is 2.12. The van der Waals surface area contributed by atoms with Gasteiger partial charge in [0.15, 0.2) is 0 Å². The van der Waals surface area contributed by atoms with E-state index in [0.29, 0.717) is 15.7 Å². The molecule has 0 saturated heterocycles. The van der Waals surface area contributed by atoms with E-state index in [0.717, 1.165) is 5.69 Å². The maximum absolute atomic E-state index is 12.0. The largest absolute Gasteiger partial charge is 0.351 e. The second-order valence-corrected chi connectivity index (χ2v) is 5.39. The summed E-state index contributed by atoms with van der Waals surface area (Å²) < 4.78 is 1.51. The molecule has 3 rings (SSSR count). The lowest BCUT2D eigenvalue weighted by atomic mass is 10.3. The summed E-state index contributed by atoms with van der Waals surface area (Å²) in [6.45, 7) is 0. The molecule has 0 radical (unpaired) electrons. The number of carbonyl (C=O) groups is 1. The topological polar surface area (TPSA) is 77.0 Å². The van der Waals surface area contributed by atoms with Crippen molar-refractivity contribution in [1.82, 2.24) is 14.8 Å². The van der Waals surface area contributed by atoms with E-state index in [-0.39, 0.29) is 5.95 Å². The van der Waals surface area contributed by atoms with Crippen LogP contribution in [0.1, 0.15) is 0 Å². The number of hydrogen-bond donors (Lipinski definition) is 1. The van der Waals surface area contributed by atoms with Crippen molar-refractivity contribution < 1.29 is 4.79 Å². The Kier molecular flexibility index (Phi) is 4.18. The van der Waals surface area contributed by atoms with Crippen molar-refractivity contribution in [3.8, 4) is 5.69 Å². The zero-order valence-electron chi connectivity index (χ0n) is 11.7. The van der Waals surface area contributed by atoms with Crippen molar-refractivity contribution in [1.29, 1.82) is 0 Å². The van der Waals surface area contributed by atoms with E-state index in [1.54, 1.807) is 18.2 Å². The van der Waals surface area contributed by atoms with Gasteiger partial charge in [-0.15, -0.1) is 0 Å². The Bertz CT molecular complexity index is 850. The number of urea groups is 1. The van der Waals surface area contributed by atoms with E-state index in [9.17, 15) is 4.79 Å². The van der Waals surface area contributed by atoms with Gasteiger partial charge in [-0.1, -0.05) is 41.4 Å². The van der Waals surface area contributed by atoms with Crippen LogP contribution in [0.15, 0.2) is 54.9 Å². The van der Waals surface area contributed by atoms with Gasteiger partial charge in [-0.05, 0) is 30.3 Å². The first-order chi connectivity index (χ1) is 11.1. The molecule has 0 atom stereocenters. The van der Waals surface area contributed by atoms with Gasteiger partial charge in [0, 0.05) is 0 Å². The third-order valence-electron chi connectivity index (χ3n) is 3.11. The molecule has 0 aliphatic heterocycles. The summed E-state index contributed by atoms with van der Waals surface area (Å²) in [6.07, 6.45) is 1.34. The molecule has 0 bridgehead atoms. The molecule has 0 unspecified atom stereocenters. The van der Waals surface area contributed by atoms with E-state index < -0.39 is 6.03 Å². The molecule has 23 heavy (non-hydrogen) atoms. The summed E-state index contributed by atoms with van der Waals surface area (Å²) in [5.41, 5.74) is 6.71. The quantitative estimate of drug-likeness (QED) is 0.782. The van der Waals surface area contributed by atoms with Gasteiger partial charge < -0.3 is 5.73 Å². The maximum atomic E-state index is 12.0. The van der Waals surface area contributed by atoms with Crippen LogP contribution in [0.3, 0.4) is 0 Å². The molecule has 2 amide bonds. The van der Waals surface area contributed by atoms with Gasteiger partial charge in [0.1, 0.15) is 6.33 Å². The SMILES string of the molecule is NC(=O)N(c1ccc(Cl)c(Cl)c1)c1ncnn1-c1ccccc1. The number of anilines is 2. The minimum absolute atomic E-state index is 0.252. The number of primary amides is 1. The van der Waals surface area contributed by atoms with Crippen LogP contribution in [0.5, 0.6) is 0 Å². The Morgan fingerprint density at radius 2 is 1.83 bits per heavy atom. The highest BCUT2D eigenvalue weighted by Gasteiger charge is 2.22. The molecule has 1 aromatic heterocycles. The highest BCUT2D eigenvalue weighted by Crippen LogP contribution is 2.31. The van der Waals surface area contributed by atoms with Gasteiger partial charge in [-0.25, -0.2) is 9.69 Å². The Morgan fingerprint density at radius 1 is 1.09 bits per heavy atom. The smallest absolute Gasteiger partial charge is 0.326 e. The predicted octanol–water partition coefficient (Wildman–Crippen LogP) is 3.79. The Hall–Kier alpha value is -2.57. The molecule has 8 heteroatoms. The fourth-order valence-electron chi connectivity index (χ4n) is 2.10. The summed E-state index contributed by atoms with van der Waals surface area (Å²) in [5.74, 6) is 0.252. The van der Waals surface area contributed by atoms with Crippen LogP contribution in [0.25, 0.3) is 5.69 Å². The van der Waals surface area contributed by atoms with Gasteiger partial charge in [-0.2, -0.15) is 14.8 Å². The fourth-order valence-corrected chi connectivity index (χ4v) is 2.40. The third-order valence-corrected chi connectivity index (χ3v) is 3.85. The molecule has 0 aliphatic rings. The van der Waals surface area contributed by atoms with Gasteiger partial charge in [0.2, 0.25) is 5.95 Å². The van der Waals surface area contributed by atoms with Crippen LogP contribution in [0, 0.1) is 0 Å². The predicted molar refractivity (Wildman–Crippen MR) is 89.5 cm³/mol. The van der Waals surface area contributed by atoms with E-state index in [2.05, 4.69) is 10.1 Å². The van der Waals surface area contributed by atoms with Crippen molar-refractivity contribution in [2.45, 2.75) is 0 Å². The number of hydrogen-bond acceptors (Lipinski definition) is 3. The summed E-state index contributed by atoms with van der Waals surface area (Å²) >= 11 is 11.9. The Labute approximate surface area is 142 Å². The lowest BCUT2D eigenvalue weighted by molar-refractivity contribution is 0.255. The molecular weight excluding hydrogens is 337 g/mol. The van der Waals surface area contributed by atoms with Crippen molar-refractivity contribution in [3.05, 3.63) is 64.9 Å². The maximum Gasteiger partial charge on any atom is 0.326 e. The van der Waals surface area contributed by atoms with E-state index in [4.69, 9.17) is 28.9 Å². The Morgan fingerprint density at radius 3 is 2.48 bits per heavy atom. The van der Waals surface area contributed by atoms with Crippen LogP contribution >= 0.6 is 23.2 Å². The van der Waals surface area contributed by atoms with Crippen molar-refractivity contribution in [2.24, 2.45) is 5.73 Å². The lowest BCUT2D eigenvalue weighted by Gasteiger charge is -2.20. The van der Waals surface area contributed by atoms with Gasteiger partial charge in [0.25, 0.3) is 0 Å². The highest BCUT2D eigenvalue weighted by atomic mass is 35.5. The fraction of sp³-hybridized carbons (Fsp3) is 0. The number of nitrogens with two attached hydrogens (primary N) is 1. The van der Waals surface area contributed by atoms with Crippen molar-refractivity contribution in [3.63, 3.8) is 0 Å². The summed E-state index contributed by atoms with van der Waals surface area (Å²) in [7, 11) is 0. The summed E-state index contributed by atoms with van der Waals surface area (Å²) in [4.78, 5) is 17.3. The number of nitrogens with zero attached hydrogens (tertiary/aromatic N) is 4. The zero-order valence-corrected chi connectivity index (χ0v) is 13.2. The number of aromatic nitrogens is 3. The monoisotopic (exact) mass is 347 g/mol. The molecule has 2 aromatic carbocycles. The van der Waals surface area contributed by atoms with Gasteiger partial charge in [0.05, 0.1) is 21.4 Å². The minimum atomic E-state index is -0.714. The molecular formula is C15H11Cl2N5O. The number of benzene rings is 2. The number of carbonyl (C=O) groups excluding carboxylic acids is 1.